The molecule has 1 aliphatic rings. The van der Waals surface area contributed by atoms with Crippen molar-refractivity contribution >= 4 is 11.9 Å². The van der Waals surface area contributed by atoms with Crippen LogP contribution in [0, 0.1) is 5.92 Å². The van der Waals surface area contributed by atoms with Crippen molar-refractivity contribution in [2.45, 2.75) is 32.5 Å². The Morgan fingerprint density at radius 1 is 1.26 bits per heavy atom. The number of nitrogens with one attached hydrogen (secondary N) is 2. The number of hydrogen-bond acceptors (Lipinski definition) is 5. The molecule has 1 rings (SSSR count). The van der Waals surface area contributed by atoms with Crippen LogP contribution in [0.1, 0.15) is 20.3 Å². The van der Waals surface area contributed by atoms with Gasteiger partial charge >= 0.3 is 6.03 Å². The number of carbonyl (C=O) groups is 2. The molecule has 2 unspecified atom stereocenters. The van der Waals surface area contributed by atoms with Gasteiger partial charge in [-0.15, -0.1) is 0 Å². The smallest absolute Gasteiger partial charge is 0.321 e. The zero-order valence-electron chi connectivity index (χ0n) is 11.4. The van der Waals surface area contributed by atoms with Crippen LogP contribution < -0.4 is 10.6 Å². The van der Waals surface area contributed by atoms with Crippen molar-refractivity contribution < 1.29 is 19.8 Å². The first-order valence-electron chi connectivity index (χ1n) is 6.54. The van der Waals surface area contributed by atoms with Gasteiger partial charge in [0.25, 0.3) is 0 Å². The van der Waals surface area contributed by atoms with Gasteiger partial charge in [0.2, 0.25) is 5.91 Å². The van der Waals surface area contributed by atoms with Crippen LogP contribution in [0.2, 0.25) is 0 Å². The molecule has 1 fully saturated rings. The lowest BCUT2D eigenvalue weighted by molar-refractivity contribution is -0.121. The van der Waals surface area contributed by atoms with Crippen LogP contribution in [0.25, 0.3) is 0 Å². The first-order chi connectivity index (χ1) is 8.88. The minimum atomic E-state index is -0.826. The Balaban J connectivity index is 2.18. The van der Waals surface area contributed by atoms with Gasteiger partial charge < -0.3 is 15.5 Å². The highest BCUT2D eigenvalue weighted by molar-refractivity contribution is 5.95. The molecule has 2 atom stereocenters. The average Bonchev–Trinajstić information content (AvgIpc) is 2.56. The predicted octanol–water partition coefficient (Wildman–Crippen LogP) is -1.10. The molecule has 1 aliphatic heterocycles. The number of nitrogens with zero attached hydrogens (tertiary/aromatic N) is 1. The zero-order chi connectivity index (χ0) is 14.4. The minimum Gasteiger partial charge on any atom is -0.389 e. The summed E-state index contributed by atoms with van der Waals surface area (Å²) in [6.45, 7) is 5.10. The van der Waals surface area contributed by atoms with Crippen LogP contribution in [0.5, 0.6) is 0 Å². The molecule has 0 bridgehead atoms. The molecule has 0 spiro atoms. The van der Waals surface area contributed by atoms with E-state index in [1.807, 2.05) is 0 Å². The molecule has 0 saturated carbocycles. The first kappa shape index (κ1) is 15.9. The summed E-state index contributed by atoms with van der Waals surface area (Å²) in [5, 5.41) is 23.5. The molecular weight excluding hydrogens is 250 g/mol. The number of amides is 3. The number of imide groups is 1. The summed E-state index contributed by atoms with van der Waals surface area (Å²) in [6.07, 6.45) is -0.799. The number of rotatable bonds is 5. The first-order valence-corrected chi connectivity index (χ1v) is 6.54. The van der Waals surface area contributed by atoms with E-state index < -0.39 is 24.1 Å². The Hall–Kier alpha value is -1.18. The monoisotopic (exact) mass is 273 g/mol. The molecule has 0 aromatic heterocycles. The summed E-state index contributed by atoms with van der Waals surface area (Å²) < 4.78 is 0. The molecule has 1 heterocycles. The Morgan fingerprint density at radius 3 is 2.37 bits per heavy atom. The highest BCUT2D eigenvalue weighted by atomic mass is 16.3. The lowest BCUT2D eigenvalue weighted by atomic mass is 10.1. The SMILES string of the molecule is CC(C)CCNC(=O)NC(=O)CN1CC(O)C(O)C1. The number of aliphatic hydroxyl groups excluding tert-OH is 2. The van der Waals surface area contributed by atoms with Gasteiger partial charge in [0.05, 0.1) is 18.8 Å². The molecule has 110 valence electrons. The van der Waals surface area contributed by atoms with Crippen LogP contribution in [-0.2, 0) is 4.79 Å². The average molecular weight is 273 g/mol. The quantitative estimate of drug-likeness (QED) is 0.509. The normalized spacial score (nSPS) is 23.6. The zero-order valence-corrected chi connectivity index (χ0v) is 11.4. The maximum atomic E-state index is 11.5. The van der Waals surface area contributed by atoms with Gasteiger partial charge in [-0.2, -0.15) is 0 Å². The molecule has 19 heavy (non-hydrogen) atoms. The predicted molar refractivity (Wildman–Crippen MR) is 69.5 cm³/mol. The third-order valence-corrected chi connectivity index (χ3v) is 2.96. The Bertz CT molecular complexity index is 312. The molecule has 7 nitrogen and oxygen atoms in total. The summed E-state index contributed by atoms with van der Waals surface area (Å²) in [7, 11) is 0. The van der Waals surface area contributed by atoms with Gasteiger partial charge in [0, 0.05) is 19.6 Å². The number of hydrogen-bond donors (Lipinski definition) is 4. The maximum Gasteiger partial charge on any atom is 0.321 e. The summed E-state index contributed by atoms with van der Waals surface area (Å²) in [6, 6.07) is -0.508. The molecular formula is C12H23N3O4. The molecule has 3 amide bonds. The highest BCUT2D eigenvalue weighted by Gasteiger charge is 2.30. The third kappa shape index (κ3) is 6.00. The van der Waals surface area contributed by atoms with Crippen molar-refractivity contribution in [1.82, 2.24) is 15.5 Å². The van der Waals surface area contributed by atoms with Crippen LogP contribution in [0.15, 0.2) is 0 Å². The molecule has 7 heteroatoms. The van der Waals surface area contributed by atoms with E-state index in [9.17, 15) is 19.8 Å². The van der Waals surface area contributed by atoms with Crippen LogP contribution in [-0.4, -0.2) is 65.4 Å². The Morgan fingerprint density at radius 2 is 1.84 bits per heavy atom. The fraction of sp³-hybridized carbons (Fsp3) is 0.833. The minimum absolute atomic E-state index is 0.00821. The van der Waals surface area contributed by atoms with Crippen molar-refractivity contribution in [3.63, 3.8) is 0 Å². The van der Waals surface area contributed by atoms with Gasteiger partial charge in [-0.3, -0.25) is 15.0 Å². The third-order valence-electron chi connectivity index (χ3n) is 2.96. The largest absolute Gasteiger partial charge is 0.389 e. The van der Waals surface area contributed by atoms with E-state index in [4.69, 9.17) is 0 Å². The second-order valence-corrected chi connectivity index (χ2v) is 5.32. The number of urea groups is 1. The molecule has 0 aromatic rings. The standard InChI is InChI=1S/C12H23N3O4/c1-8(2)3-4-13-12(19)14-11(18)7-15-5-9(16)10(17)6-15/h8-10,16-17H,3-7H2,1-2H3,(H2,13,14,18,19). The topological polar surface area (TPSA) is 102 Å². The fourth-order valence-corrected chi connectivity index (χ4v) is 1.86. The number of aliphatic hydroxyl groups is 2. The van der Waals surface area contributed by atoms with Gasteiger partial charge in [0.15, 0.2) is 0 Å². The lowest BCUT2D eigenvalue weighted by Crippen LogP contribution is -2.44. The Kier molecular flexibility index (Phi) is 6.20. The Labute approximate surface area is 113 Å². The van der Waals surface area contributed by atoms with E-state index in [0.29, 0.717) is 12.5 Å². The van der Waals surface area contributed by atoms with Gasteiger partial charge in [0.1, 0.15) is 0 Å². The second-order valence-electron chi connectivity index (χ2n) is 5.32. The molecule has 4 N–H and O–H groups in total. The van der Waals surface area contributed by atoms with Crippen LogP contribution in [0.3, 0.4) is 0 Å². The second kappa shape index (κ2) is 7.42. The van der Waals surface area contributed by atoms with E-state index in [1.165, 1.54) is 0 Å². The summed E-state index contributed by atoms with van der Waals surface area (Å²) in [4.78, 5) is 24.5. The van der Waals surface area contributed by atoms with E-state index in [2.05, 4.69) is 24.5 Å². The van der Waals surface area contributed by atoms with E-state index >= 15 is 0 Å². The van der Waals surface area contributed by atoms with Crippen LogP contribution in [0.4, 0.5) is 4.79 Å². The van der Waals surface area contributed by atoms with Gasteiger partial charge in [-0.1, -0.05) is 13.8 Å². The highest BCUT2D eigenvalue weighted by Crippen LogP contribution is 2.08. The summed E-state index contributed by atoms with van der Waals surface area (Å²) >= 11 is 0. The fourth-order valence-electron chi connectivity index (χ4n) is 1.86. The van der Waals surface area contributed by atoms with E-state index in [0.717, 1.165) is 6.42 Å². The van der Waals surface area contributed by atoms with E-state index in [1.54, 1.807) is 4.90 Å². The summed E-state index contributed by atoms with van der Waals surface area (Å²) in [5.41, 5.74) is 0. The molecule has 0 aliphatic carbocycles. The van der Waals surface area contributed by atoms with E-state index in [-0.39, 0.29) is 19.6 Å². The summed E-state index contributed by atoms with van der Waals surface area (Å²) in [5.74, 6) is 0.0481. The van der Waals surface area contributed by atoms with Crippen molar-refractivity contribution in [2.24, 2.45) is 5.92 Å². The molecule has 0 aromatic carbocycles. The number of likely N-dealkylation sites (tertiary alicyclic amines) is 1. The van der Waals surface area contributed by atoms with Crippen molar-refractivity contribution in [2.75, 3.05) is 26.2 Å². The maximum absolute atomic E-state index is 11.5. The molecule has 1 saturated heterocycles. The van der Waals surface area contributed by atoms with Crippen molar-refractivity contribution in [1.29, 1.82) is 0 Å². The molecule has 0 radical (unpaired) electrons. The van der Waals surface area contributed by atoms with Crippen molar-refractivity contribution in [3.05, 3.63) is 0 Å². The van der Waals surface area contributed by atoms with Crippen LogP contribution >= 0.6 is 0 Å². The van der Waals surface area contributed by atoms with Gasteiger partial charge in [-0.25, -0.2) is 4.79 Å². The van der Waals surface area contributed by atoms with Crippen molar-refractivity contribution in [3.8, 4) is 0 Å². The lowest BCUT2D eigenvalue weighted by Gasteiger charge is -2.14. The number of β-amino-alcohol motifs (C(OH)–C–C–N with tert-alkyl or cyclic N) is 2. The number of carbonyl (C=O) groups excluding carboxylic acids is 2. The van der Waals surface area contributed by atoms with Gasteiger partial charge in [-0.05, 0) is 12.3 Å².